The molecule has 0 aliphatic heterocycles. The van der Waals surface area contributed by atoms with E-state index in [0.29, 0.717) is 24.8 Å². The Morgan fingerprint density at radius 1 is 0.651 bits per heavy atom. The molecule has 0 bridgehead atoms. The van der Waals surface area contributed by atoms with Crippen LogP contribution in [0, 0.1) is 10.8 Å². The Bertz CT molecular complexity index is 1150. The molecule has 2 fully saturated rings. The van der Waals surface area contributed by atoms with E-state index in [-0.39, 0.29) is 28.0 Å². The molecule has 2 N–H and O–H groups in total. The van der Waals surface area contributed by atoms with Crippen LogP contribution < -0.4 is 24.8 Å². The topological polar surface area (TPSA) is 51.8 Å². The number of nitrogens with one attached hydrogen (secondary N) is 2. The van der Waals surface area contributed by atoms with E-state index in [1.54, 1.807) is 0 Å². The van der Waals surface area contributed by atoms with Gasteiger partial charge in [0.1, 0.15) is 29.5 Å². The van der Waals surface area contributed by atoms with Gasteiger partial charge in [0.15, 0.2) is 0 Å². The minimum absolute atomic E-state index is 0.0911. The van der Waals surface area contributed by atoms with Gasteiger partial charge < -0.3 is 24.8 Å². The van der Waals surface area contributed by atoms with Gasteiger partial charge in [-0.25, -0.2) is 0 Å². The fourth-order valence-corrected chi connectivity index (χ4v) is 6.10. The first-order chi connectivity index (χ1) is 19.9. The summed E-state index contributed by atoms with van der Waals surface area (Å²) in [5, 5.41) is 7.59. The molecule has 5 nitrogen and oxygen atoms in total. The Morgan fingerprint density at radius 2 is 1.21 bits per heavy atom. The molecule has 0 spiro atoms. The molecule has 0 saturated heterocycles. The van der Waals surface area contributed by atoms with E-state index in [1.807, 2.05) is 24.3 Å². The molecule has 0 heterocycles. The van der Waals surface area contributed by atoms with Gasteiger partial charge in [0, 0.05) is 29.2 Å². The van der Waals surface area contributed by atoms with Gasteiger partial charge in [0.05, 0.1) is 6.61 Å². The smallest absolute Gasteiger partial charge is 0.123 e. The van der Waals surface area contributed by atoms with Crippen molar-refractivity contribution in [1.29, 1.82) is 0 Å². The van der Waals surface area contributed by atoms with Crippen LogP contribution >= 0.6 is 0 Å². The average Bonchev–Trinajstić information content (AvgIpc) is 2.84. The van der Waals surface area contributed by atoms with E-state index in [2.05, 4.69) is 104 Å². The number of ether oxygens (including phenoxy) is 3. The van der Waals surface area contributed by atoms with Crippen LogP contribution in [0.1, 0.15) is 113 Å². The van der Waals surface area contributed by atoms with Crippen LogP contribution in [0.25, 0.3) is 0 Å². The van der Waals surface area contributed by atoms with Crippen molar-refractivity contribution < 1.29 is 14.2 Å². The molecule has 240 valence electrons. The van der Waals surface area contributed by atoms with Gasteiger partial charge in [-0.15, -0.1) is 0 Å². The molecular weight excluding hydrogens is 532 g/mol. The third kappa shape index (κ3) is 11.6. The number of hydrogen-bond acceptors (Lipinski definition) is 5. The van der Waals surface area contributed by atoms with Crippen molar-refractivity contribution in [2.75, 3.05) is 6.61 Å². The number of hydrogen-bond donors (Lipinski definition) is 2. The predicted molar refractivity (Wildman–Crippen MR) is 180 cm³/mol. The number of benzene rings is 2. The summed E-state index contributed by atoms with van der Waals surface area (Å²) in [5.74, 6) is 2.78. The lowest BCUT2D eigenvalue weighted by Gasteiger charge is -2.42. The maximum absolute atomic E-state index is 6.28. The van der Waals surface area contributed by atoms with Gasteiger partial charge in [-0.2, -0.15) is 0 Å². The monoisotopic (exact) mass is 592 g/mol. The predicted octanol–water partition coefficient (Wildman–Crippen LogP) is 8.74. The molecule has 2 aromatic rings. The highest BCUT2D eigenvalue weighted by molar-refractivity contribution is 5.33. The normalized spacial score (nSPS) is 22.8. The Hall–Kier alpha value is -2.24. The van der Waals surface area contributed by atoms with Gasteiger partial charge in [-0.1, -0.05) is 52.8 Å². The summed E-state index contributed by atoms with van der Waals surface area (Å²) in [5.41, 5.74) is 2.01. The van der Waals surface area contributed by atoms with Gasteiger partial charge in [-0.05, 0) is 120 Å². The third-order valence-corrected chi connectivity index (χ3v) is 8.54. The van der Waals surface area contributed by atoms with Crippen molar-refractivity contribution in [3.63, 3.8) is 0 Å². The van der Waals surface area contributed by atoms with E-state index < -0.39 is 0 Å². The van der Waals surface area contributed by atoms with Crippen molar-refractivity contribution >= 4 is 0 Å². The van der Waals surface area contributed by atoms with Crippen LogP contribution in [0.3, 0.4) is 0 Å². The molecule has 0 aromatic heterocycles. The van der Waals surface area contributed by atoms with Crippen LogP contribution in [-0.4, -0.2) is 42.0 Å². The first kappa shape index (κ1) is 33.6. The van der Waals surface area contributed by atoms with Crippen LogP contribution in [-0.2, 0) is 6.42 Å². The highest BCUT2D eigenvalue weighted by Gasteiger charge is 2.36. The second kappa shape index (κ2) is 13.4. The zero-order valence-corrected chi connectivity index (χ0v) is 28.8. The first-order valence-electron chi connectivity index (χ1n) is 16.6. The molecule has 2 aromatic carbocycles. The van der Waals surface area contributed by atoms with Gasteiger partial charge in [-0.3, -0.25) is 0 Å². The summed E-state index contributed by atoms with van der Waals surface area (Å²) in [7, 11) is 0. The summed E-state index contributed by atoms with van der Waals surface area (Å²) in [4.78, 5) is 0. The summed E-state index contributed by atoms with van der Waals surface area (Å²) in [6.07, 6.45) is 8.25. The van der Waals surface area contributed by atoms with E-state index in [4.69, 9.17) is 14.2 Å². The summed E-state index contributed by atoms with van der Waals surface area (Å²) >= 11 is 0. The molecule has 0 atom stereocenters. The Kier molecular flexibility index (Phi) is 10.5. The van der Waals surface area contributed by atoms with Crippen LogP contribution in [0.5, 0.6) is 17.2 Å². The quantitative estimate of drug-likeness (QED) is 0.230. The highest BCUT2D eigenvalue weighted by atomic mass is 16.5. The maximum atomic E-state index is 6.28. The Balaban J connectivity index is 1.14. The lowest BCUT2D eigenvalue weighted by atomic mass is 9.77. The molecular formula is C38H60N2O3. The fraction of sp³-hybridized carbons (Fsp3) is 0.684. The second-order valence-electron chi connectivity index (χ2n) is 17.0. The molecule has 4 rings (SSSR count). The van der Waals surface area contributed by atoms with E-state index in [0.717, 1.165) is 55.8 Å². The minimum atomic E-state index is 0.0911. The summed E-state index contributed by atoms with van der Waals surface area (Å²) in [6.45, 7) is 23.4. The molecule has 2 aliphatic carbocycles. The van der Waals surface area contributed by atoms with Gasteiger partial charge in [0.2, 0.25) is 0 Å². The van der Waals surface area contributed by atoms with E-state index in [9.17, 15) is 0 Å². The lowest BCUT2D eigenvalue weighted by Crippen LogP contribution is -2.54. The Labute approximate surface area is 262 Å². The van der Waals surface area contributed by atoms with Crippen molar-refractivity contribution in [2.45, 2.75) is 150 Å². The third-order valence-electron chi connectivity index (χ3n) is 8.54. The largest absolute Gasteiger partial charge is 0.493 e. The molecule has 0 amide bonds. The Morgan fingerprint density at radius 3 is 1.79 bits per heavy atom. The zero-order valence-electron chi connectivity index (χ0n) is 28.8. The van der Waals surface area contributed by atoms with Crippen molar-refractivity contribution in [3.05, 3.63) is 54.1 Å². The average molecular weight is 593 g/mol. The second-order valence-corrected chi connectivity index (χ2v) is 17.0. The molecule has 2 saturated carbocycles. The van der Waals surface area contributed by atoms with E-state index >= 15 is 0 Å². The zero-order chi connectivity index (χ0) is 31.5. The SMILES string of the molecule is CC(C)(C)COc1cccc(OC2CC(NC(C)(C)CCC(C)(C)Cc3ccc(OC4CC(NC(C)(C)C)C4)cc3)C2)c1. The molecule has 0 unspecified atom stereocenters. The van der Waals surface area contributed by atoms with Crippen LogP contribution in [0.4, 0.5) is 0 Å². The van der Waals surface area contributed by atoms with Crippen LogP contribution in [0.15, 0.2) is 48.5 Å². The van der Waals surface area contributed by atoms with E-state index in [1.165, 1.54) is 12.0 Å². The lowest BCUT2D eigenvalue weighted by molar-refractivity contribution is 0.0677. The highest BCUT2D eigenvalue weighted by Crippen LogP contribution is 2.34. The van der Waals surface area contributed by atoms with Gasteiger partial charge in [0.25, 0.3) is 0 Å². The molecule has 43 heavy (non-hydrogen) atoms. The van der Waals surface area contributed by atoms with Crippen molar-refractivity contribution in [2.24, 2.45) is 10.8 Å². The molecule has 5 heteroatoms. The number of rotatable bonds is 14. The van der Waals surface area contributed by atoms with Crippen molar-refractivity contribution in [3.8, 4) is 17.2 Å². The summed E-state index contributed by atoms with van der Waals surface area (Å²) < 4.78 is 18.5. The first-order valence-corrected chi connectivity index (χ1v) is 16.6. The fourth-order valence-electron chi connectivity index (χ4n) is 6.10. The minimum Gasteiger partial charge on any atom is -0.493 e. The summed E-state index contributed by atoms with van der Waals surface area (Å²) in [6, 6.07) is 18.0. The maximum Gasteiger partial charge on any atom is 0.123 e. The van der Waals surface area contributed by atoms with Crippen LogP contribution in [0.2, 0.25) is 0 Å². The molecule has 2 aliphatic rings. The standard InChI is InChI=1S/C38H60N2O3/c1-35(2,3)26-41-31-12-11-13-32(24-31)43-34-22-29(23-34)40-38(9,10)19-18-37(7,8)25-27-14-16-30(17-15-27)42-33-20-28(21-33)39-36(4,5)6/h11-17,24,28-29,33-34,39-40H,18-23,25-26H2,1-10H3. The molecule has 0 radical (unpaired) electrons. The van der Waals surface area contributed by atoms with Crippen molar-refractivity contribution in [1.82, 2.24) is 10.6 Å². The van der Waals surface area contributed by atoms with Gasteiger partial charge >= 0.3 is 0 Å².